The number of hydrogen-bond acceptors (Lipinski definition) is 4. The largest absolute Gasteiger partial charge is 0.296 e. The van der Waals surface area contributed by atoms with E-state index in [4.69, 9.17) is 5.26 Å². The van der Waals surface area contributed by atoms with Gasteiger partial charge in [0.15, 0.2) is 0 Å². The standard InChI is InChI=1S/C16H18FN5/c17-16-12-21(10-6-14(16)5-7-18)11-13-1-3-15(4-2-13)22-19-8-9-20-22/h1-4,8-9,14,16H,5-6,10-12H2. The fourth-order valence-corrected chi connectivity index (χ4v) is 2.85. The van der Waals surface area contributed by atoms with Crippen LogP contribution >= 0.6 is 0 Å². The van der Waals surface area contributed by atoms with Crippen molar-refractivity contribution in [3.05, 3.63) is 42.2 Å². The van der Waals surface area contributed by atoms with Gasteiger partial charge in [0.05, 0.1) is 24.2 Å². The fraction of sp³-hybridized carbons (Fsp3) is 0.438. The fourth-order valence-electron chi connectivity index (χ4n) is 2.85. The number of likely N-dealkylation sites (tertiary alicyclic amines) is 1. The van der Waals surface area contributed by atoms with E-state index in [-0.39, 0.29) is 5.92 Å². The van der Waals surface area contributed by atoms with Crippen molar-refractivity contribution in [3.8, 4) is 11.8 Å². The van der Waals surface area contributed by atoms with Crippen LogP contribution in [0.3, 0.4) is 0 Å². The van der Waals surface area contributed by atoms with E-state index in [0.717, 1.165) is 30.8 Å². The first-order valence-corrected chi connectivity index (χ1v) is 7.45. The van der Waals surface area contributed by atoms with Gasteiger partial charge in [-0.2, -0.15) is 20.3 Å². The van der Waals surface area contributed by atoms with Crippen LogP contribution in [0.5, 0.6) is 0 Å². The number of nitrogens with zero attached hydrogens (tertiary/aromatic N) is 5. The molecule has 5 nitrogen and oxygen atoms in total. The van der Waals surface area contributed by atoms with Crippen molar-refractivity contribution >= 4 is 0 Å². The second kappa shape index (κ2) is 6.67. The van der Waals surface area contributed by atoms with Gasteiger partial charge in [-0.1, -0.05) is 12.1 Å². The Morgan fingerprint density at radius 2 is 1.95 bits per heavy atom. The lowest BCUT2D eigenvalue weighted by Gasteiger charge is -2.33. The summed E-state index contributed by atoms with van der Waals surface area (Å²) in [6, 6.07) is 10.0. The van der Waals surface area contributed by atoms with Crippen LogP contribution < -0.4 is 0 Å². The molecule has 1 aliphatic heterocycles. The Bertz CT molecular complexity index is 632. The second-order valence-electron chi connectivity index (χ2n) is 5.65. The Labute approximate surface area is 129 Å². The molecule has 3 rings (SSSR count). The summed E-state index contributed by atoms with van der Waals surface area (Å²) in [5.74, 6) is -0.102. The van der Waals surface area contributed by atoms with Crippen LogP contribution in [0.25, 0.3) is 5.69 Å². The third-order valence-electron chi connectivity index (χ3n) is 4.11. The average molecular weight is 299 g/mol. The Kier molecular flexibility index (Phi) is 4.45. The average Bonchev–Trinajstić information content (AvgIpc) is 3.05. The van der Waals surface area contributed by atoms with E-state index in [0.29, 0.717) is 13.0 Å². The molecule has 6 heteroatoms. The van der Waals surface area contributed by atoms with Crippen LogP contribution in [-0.4, -0.2) is 39.2 Å². The van der Waals surface area contributed by atoms with Gasteiger partial charge in [-0.3, -0.25) is 4.90 Å². The molecule has 22 heavy (non-hydrogen) atoms. The number of aromatic nitrogens is 3. The van der Waals surface area contributed by atoms with Crippen LogP contribution in [0.2, 0.25) is 0 Å². The van der Waals surface area contributed by atoms with Crippen LogP contribution in [-0.2, 0) is 6.54 Å². The first-order chi connectivity index (χ1) is 10.8. The summed E-state index contributed by atoms with van der Waals surface area (Å²) in [6.07, 6.45) is 3.45. The molecule has 0 amide bonds. The van der Waals surface area contributed by atoms with Gasteiger partial charge in [0.25, 0.3) is 0 Å². The summed E-state index contributed by atoms with van der Waals surface area (Å²) in [7, 11) is 0. The molecule has 2 atom stereocenters. The minimum Gasteiger partial charge on any atom is -0.296 e. The predicted octanol–water partition coefficient (Wildman–Crippen LogP) is 2.34. The number of rotatable bonds is 4. The lowest BCUT2D eigenvalue weighted by Crippen LogP contribution is -2.41. The summed E-state index contributed by atoms with van der Waals surface area (Å²) >= 11 is 0. The summed E-state index contributed by atoms with van der Waals surface area (Å²) < 4.78 is 14.0. The molecule has 0 aliphatic carbocycles. The third-order valence-corrected chi connectivity index (χ3v) is 4.11. The summed E-state index contributed by atoms with van der Waals surface area (Å²) in [5, 5.41) is 16.9. The Balaban J connectivity index is 1.59. The quantitative estimate of drug-likeness (QED) is 0.869. The zero-order chi connectivity index (χ0) is 15.4. The molecular weight excluding hydrogens is 281 g/mol. The SMILES string of the molecule is N#CCC1CCN(Cc2ccc(-n3nccn3)cc2)CC1F. The molecule has 2 heterocycles. The van der Waals surface area contributed by atoms with Crippen LogP contribution in [0.1, 0.15) is 18.4 Å². The molecule has 0 N–H and O–H groups in total. The molecule has 0 spiro atoms. The lowest BCUT2D eigenvalue weighted by molar-refractivity contribution is 0.0821. The highest BCUT2D eigenvalue weighted by atomic mass is 19.1. The van der Waals surface area contributed by atoms with Gasteiger partial charge in [-0.25, -0.2) is 4.39 Å². The number of piperidine rings is 1. The maximum Gasteiger partial charge on any atom is 0.117 e. The highest BCUT2D eigenvalue weighted by molar-refractivity contribution is 5.32. The summed E-state index contributed by atoms with van der Waals surface area (Å²) in [5.41, 5.74) is 2.05. The van der Waals surface area contributed by atoms with Crippen molar-refractivity contribution in [2.24, 2.45) is 5.92 Å². The van der Waals surface area contributed by atoms with Crippen molar-refractivity contribution in [1.82, 2.24) is 19.9 Å². The van der Waals surface area contributed by atoms with Gasteiger partial charge < -0.3 is 0 Å². The highest BCUT2D eigenvalue weighted by Crippen LogP contribution is 2.24. The smallest absolute Gasteiger partial charge is 0.117 e. The van der Waals surface area contributed by atoms with Crippen LogP contribution in [0.4, 0.5) is 4.39 Å². The van der Waals surface area contributed by atoms with Gasteiger partial charge >= 0.3 is 0 Å². The summed E-state index contributed by atoms with van der Waals surface area (Å²) in [4.78, 5) is 3.68. The Hall–Kier alpha value is -2.26. The van der Waals surface area contributed by atoms with E-state index in [1.807, 2.05) is 24.3 Å². The Morgan fingerprint density at radius 1 is 1.23 bits per heavy atom. The topological polar surface area (TPSA) is 57.7 Å². The first-order valence-electron chi connectivity index (χ1n) is 7.45. The van der Waals surface area contributed by atoms with E-state index in [2.05, 4.69) is 21.2 Å². The molecule has 1 aromatic heterocycles. The molecule has 1 aromatic carbocycles. The van der Waals surface area contributed by atoms with E-state index in [9.17, 15) is 4.39 Å². The van der Waals surface area contributed by atoms with Gasteiger partial charge in [0, 0.05) is 25.4 Å². The van der Waals surface area contributed by atoms with E-state index >= 15 is 0 Å². The minimum atomic E-state index is -0.902. The molecule has 2 unspecified atom stereocenters. The number of benzene rings is 1. The maximum atomic E-state index is 14.0. The van der Waals surface area contributed by atoms with Gasteiger partial charge in [-0.15, -0.1) is 0 Å². The molecule has 1 aliphatic rings. The molecular formula is C16H18FN5. The lowest BCUT2D eigenvalue weighted by atomic mass is 9.92. The zero-order valence-electron chi connectivity index (χ0n) is 12.3. The highest BCUT2D eigenvalue weighted by Gasteiger charge is 2.28. The van der Waals surface area contributed by atoms with Crippen molar-refractivity contribution in [2.75, 3.05) is 13.1 Å². The van der Waals surface area contributed by atoms with E-state index in [1.165, 1.54) is 0 Å². The normalized spacial score (nSPS) is 22.4. The van der Waals surface area contributed by atoms with Crippen LogP contribution in [0, 0.1) is 17.2 Å². The van der Waals surface area contributed by atoms with Crippen LogP contribution in [0.15, 0.2) is 36.7 Å². The summed E-state index contributed by atoms with van der Waals surface area (Å²) in [6.45, 7) is 1.98. The molecule has 2 aromatic rings. The van der Waals surface area contributed by atoms with Crippen molar-refractivity contribution < 1.29 is 4.39 Å². The molecule has 1 saturated heterocycles. The molecule has 0 saturated carbocycles. The zero-order valence-corrected chi connectivity index (χ0v) is 12.3. The third kappa shape index (κ3) is 3.31. The predicted molar refractivity (Wildman–Crippen MR) is 79.9 cm³/mol. The van der Waals surface area contributed by atoms with Crippen molar-refractivity contribution in [3.63, 3.8) is 0 Å². The number of nitriles is 1. The van der Waals surface area contributed by atoms with Gasteiger partial charge in [0.2, 0.25) is 0 Å². The van der Waals surface area contributed by atoms with E-state index in [1.54, 1.807) is 17.2 Å². The van der Waals surface area contributed by atoms with Crippen molar-refractivity contribution in [1.29, 1.82) is 5.26 Å². The van der Waals surface area contributed by atoms with E-state index < -0.39 is 6.17 Å². The van der Waals surface area contributed by atoms with Gasteiger partial charge in [0.1, 0.15) is 6.17 Å². The Morgan fingerprint density at radius 3 is 2.59 bits per heavy atom. The van der Waals surface area contributed by atoms with Gasteiger partial charge in [-0.05, 0) is 30.7 Å². The monoisotopic (exact) mass is 299 g/mol. The number of halogens is 1. The van der Waals surface area contributed by atoms with Crippen molar-refractivity contribution in [2.45, 2.75) is 25.6 Å². The minimum absolute atomic E-state index is 0.102. The number of hydrogen-bond donors (Lipinski definition) is 0. The second-order valence-corrected chi connectivity index (χ2v) is 5.65. The molecule has 0 radical (unpaired) electrons. The maximum absolute atomic E-state index is 14.0. The first kappa shape index (κ1) is 14.7. The molecule has 114 valence electrons. The molecule has 1 fully saturated rings. The number of alkyl halides is 1. The molecule has 0 bridgehead atoms.